The van der Waals surface area contributed by atoms with Crippen LogP contribution in [0.1, 0.15) is 61.8 Å². The predicted molar refractivity (Wildman–Crippen MR) is 164 cm³/mol. The number of allylic oxidation sites excluding steroid dienone is 5. The van der Waals surface area contributed by atoms with Crippen LogP contribution in [0, 0.1) is 12.8 Å². The van der Waals surface area contributed by atoms with Crippen molar-refractivity contribution in [2.45, 2.75) is 59.3 Å². The van der Waals surface area contributed by atoms with Gasteiger partial charge in [-0.25, -0.2) is 0 Å². The van der Waals surface area contributed by atoms with Crippen LogP contribution in [0.2, 0.25) is 0 Å². The Morgan fingerprint density at radius 2 is 1.92 bits per heavy atom. The van der Waals surface area contributed by atoms with E-state index in [-0.39, 0.29) is 0 Å². The molecule has 1 atom stereocenters. The average Bonchev–Trinajstić information content (AvgIpc) is 3.39. The Labute approximate surface area is 229 Å². The highest BCUT2D eigenvalue weighted by molar-refractivity contribution is 5.95. The van der Waals surface area contributed by atoms with E-state index in [9.17, 15) is 0 Å². The quantitative estimate of drug-likeness (QED) is 0.162. The van der Waals surface area contributed by atoms with Crippen LogP contribution in [-0.2, 0) is 12.8 Å². The zero-order valence-electron chi connectivity index (χ0n) is 23.3. The lowest BCUT2D eigenvalue weighted by atomic mass is 9.98. The second-order valence-corrected chi connectivity index (χ2v) is 10.3. The van der Waals surface area contributed by atoms with Crippen molar-refractivity contribution in [2.75, 3.05) is 6.54 Å². The highest BCUT2D eigenvalue weighted by atomic mass is 15.2. The van der Waals surface area contributed by atoms with Gasteiger partial charge in [-0.3, -0.25) is 9.98 Å². The summed E-state index contributed by atoms with van der Waals surface area (Å²) in [5.74, 6) is 0.418. The van der Waals surface area contributed by atoms with E-state index in [2.05, 4.69) is 123 Å². The summed E-state index contributed by atoms with van der Waals surface area (Å²) in [6.07, 6.45) is 17.5. The average molecular weight is 504 g/mol. The van der Waals surface area contributed by atoms with Gasteiger partial charge in [0.1, 0.15) is 0 Å². The van der Waals surface area contributed by atoms with E-state index in [1.165, 1.54) is 41.5 Å². The number of benzene rings is 2. The fraction of sp³-hybridized carbons (Fsp3) is 0.314. The summed E-state index contributed by atoms with van der Waals surface area (Å²) >= 11 is 0. The predicted octanol–water partition coefficient (Wildman–Crippen LogP) is 8.65. The Morgan fingerprint density at radius 1 is 1.11 bits per heavy atom. The number of aryl methyl sites for hydroxylation is 2. The van der Waals surface area contributed by atoms with Gasteiger partial charge in [-0.1, -0.05) is 99.5 Å². The number of aliphatic imine (C=N–C) groups is 2. The van der Waals surface area contributed by atoms with Crippen LogP contribution in [0.25, 0.3) is 5.70 Å². The Balaban J connectivity index is 1.66. The minimum absolute atomic E-state index is 0.418. The molecule has 0 bridgehead atoms. The third-order valence-corrected chi connectivity index (χ3v) is 7.31. The van der Waals surface area contributed by atoms with Gasteiger partial charge in [-0.15, -0.1) is 0 Å². The first kappa shape index (κ1) is 27.3. The highest BCUT2D eigenvalue weighted by Crippen LogP contribution is 2.30. The van der Waals surface area contributed by atoms with E-state index < -0.39 is 0 Å². The summed E-state index contributed by atoms with van der Waals surface area (Å²) < 4.78 is 0. The lowest BCUT2D eigenvalue weighted by Crippen LogP contribution is -2.29. The van der Waals surface area contributed by atoms with Crippen molar-refractivity contribution >= 4 is 18.1 Å². The molecule has 0 aromatic heterocycles. The first-order chi connectivity index (χ1) is 18.5. The van der Waals surface area contributed by atoms with E-state index in [0.29, 0.717) is 12.5 Å². The molecular formula is C35H41N3. The number of hydrogen-bond acceptors (Lipinski definition) is 3. The van der Waals surface area contributed by atoms with E-state index in [1.807, 2.05) is 0 Å². The Bertz CT molecular complexity index is 1320. The summed E-state index contributed by atoms with van der Waals surface area (Å²) in [7, 11) is 0. The number of rotatable bonds is 12. The molecule has 2 aliphatic rings. The fourth-order valence-corrected chi connectivity index (χ4v) is 5.14. The second-order valence-electron chi connectivity index (χ2n) is 10.3. The Kier molecular flexibility index (Phi) is 9.48. The molecule has 0 amide bonds. The first-order valence-corrected chi connectivity index (χ1v) is 14.0. The molecule has 0 radical (unpaired) electrons. The molecule has 2 aromatic carbocycles. The van der Waals surface area contributed by atoms with E-state index in [0.717, 1.165) is 47.6 Å². The van der Waals surface area contributed by atoms with Crippen LogP contribution >= 0.6 is 0 Å². The summed E-state index contributed by atoms with van der Waals surface area (Å²) in [6.45, 7) is 15.6. The Hall–Kier alpha value is -3.72. The van der Waals surface area contributed by atoms with Gasteiger partial charge in [-0.2, -0.15) is 0 Å². The topological polar surface area (TPSA) is 28.0 Å². The SMILES string of the molecule is C=N/C(=C\C1=CC=CC1CC)C(=C)N1C=C(c2cccc(CCCCC)c2)N=C(Cc2cccc(C)c2)C1. The Morgan fingerprint density at radius 3 is 2.68 bits per heavy atom. The monoisotopic (exact) mass is 503 g/mol. The summed E-state index contributed by atoms with van der Waals surface area (Å²) in [5, 5.41) is 0. The molecule has 1 aliphatic carbocycles. The normalized spacial score (nSPS) is 17.2. The molecule has 3 nitrogen and oxygen atoms in total. The van der Waals surface area contributed by atoms with Gasteiger partial charge in [-0.05, 0) is 61.7 Å². The molecule has 0 saturated carbocycles. The van der Waals surface area contributed by atoms with Gasteiger partial charge in [0.05, 0.1) is 23.6 Å². The van der Waals surface area contributed by atoms with Crippen LogP contribution in [0.3, 0.4) is 0 Å². The van der Waals surface area contributed by atoms with E-state index in [1.54, 1.807) is 0 Å². The first-order valence-electron chi connectivity index (χ1n) is 14.0. The lowest BCUT2D eigenvalue weighted by Gasteiger charge is -2.29. The molecule has 3 heteroatoms. The number of unbranched alkanes of at least 4 members (excludes halogenated alkanes) is 2. The van der Waals surface area contributed by atoms with Gasteiger partial charge in [0.2, 0.25) is 0 Å². The largest absolute Gasteiger partial charge is 0.339 e. The van der Waals surface area contributed by atoms with E-state index in [4.69, 9.17) is 4.99 Å². The molecule has 4 rings (SSSR count). The third-order valence-electron chi connectivity index (χ3n) is 7.31. The molecule has 0 fully saturated rings. The van der Waals surface area contributed by atoms with Gasteiger partial charge < -0.3 is 4.90 Å². The lowest BCUT2D eigenvalue weighted by molar-refractivity contribution is 0.533. The standard InChI is InChI=1S/C35H41N3/c1-6-8-9-14-28-15-11-19-32(21-28)35-25-38(24-33(37-35)22-29-16-10-13-26(3)20-29)27(4)34(36-5)23-31-18-12-17-30(31)7-2/h10-13,15-21,23,25,30H,4-9,14,22,24H2,1-3H3/b34-23-. The maximum absolute atomic E-state index is 5.17. The zero-order valence-corrected chi connectivity index (χ0v) is 23.3. The molecule has 2 aromatic rings. The van der Waals surface area contributed by atoms with Crippen LogP contribution in [-0.4, -0.2) is 23.9 Å². The molecule has 196 valence electrons. The van der Waals surface area contributed by atoms with Crippen molar-refractivity contribution in [1.82, 2.24) is 4.90 Å². The molecular weight excluding hydrogens is 462 g/mol. The molecule has 1 aliphatic heterocycles. The molecule has 38 heavy (non-hydrogen) atoms. The van der Waals surface area contributed by atoms with Crippen LogP contribution in [0.5, 0.6) is 0 Å². The van der Waals surface area contributed by atoms with E-state index >= 15 is 0 Å². The van der Waals surface area contributed by atoms with Crippen LogP contribution in [0.4, 0.5) is 0 Å². The fourth-order valence-electron chi connectivity index (χ4n) is 5.14. The second kappa shape index (κ2) is 13.2. The summed E-state index contributed by atoms with van der Waals surface area (Å²) in [5.41, 5.74) is 10.0. The van der Waals surface area contributed by atoms with Crippen molar-refractivity contribution in [3.63, 3.8) is 0 Å². The van der Waals surface area contributed by atoms with Gasteiger partial charge in [0.15, 0.2) is 0 Å². The molecule has 0 spiro atoms. The van der Waals surface area contributed by atoms with Crippen molar-refractivity contribution < 1.29 is 0 Å². The highest BCUT2D eigenvalue weighted by Gasteiger charge is 2.21. The minimum Gasteiger partial charge on any atom is -0.339 e. The maximum atomic E-state index is 5.17. The van der Waals surface area contributed by atoms with Crippen LogP contribution < -0.4 is 0 Å². The minimum atomic E-state index is 0.418. The number of hydrogen-bond donors (Lipinski definition) is 0. The molecule has 0 N–H and O–H groups in total. The smallest absolute Gasteiger partial charge is 0.0864 e. The van der Waals surface area contributed by atoms with Crippen LogP contribution in [0.15, 0.2) is 113 Å². The summed E-state index contributed by atoms with van der Waals surface area (Å²) in [4.78, 5) is 11.8. The van der Waals surface area contributed by atoms with Gasteiger partial charge >= 0.3 is 0 Å². The van der Waals surface area contributed by atoms with Gasteiger partial charge in [0.25, 0.3) is 0 Å². The molecule has 1 heterocycles. The molecule has 1 unspecified atom stereocenters. The third kappa shape index (κ3) is 6.98. The van der Waals surface area contributed by atoms with Crippen molar-refractivity contribution in [3.8, 4) is 0 Å². The number of nitrogens with zero attached hydrogens (tertiary/aromatic N) is 3. The van der Waals surface area contributed by atoms with Crippen molar-refractivity contribution in [1.29, 1.82) is 0 Å². The van der Waals surface area contributed by atoms with Crippen molar-refractivity contribution in [3.05, 3.63) is 125 Å². The maximum Gasteiger partial charge on any atom is 0.0864 e. The van der Waals surface area contributed by atoms with Crippen molar-refractivity contribution in [2.24, 2.45) is 15.9 Å². The zero-order chi connectivity index (χ0) is 26.9. The summed E-state index contributed by atoms with van der Waals surface area (Å²) in [6, 6.07) is 17.5. The molecule has 0 saturated heterocycles. The van der Waals surface area contributed by atoms with Gasteiger partial charge in [0, 0.05) is 29.8 Å².